The highest BCUT2D eigenvalue weighted by Gasteiger charge is 2.22. The first-order valence-electron chi connectivity index (χ1n) is 8.00. The highest BCUT2D eigenvalue weighted by atomic mass is 17.3. The number of amides is 1. The number of carbonyl (C=O) groups excluding carboxylic acids is 1. The van der Waals surface area contributed by atoms with Crippen LogP contribution in [-0.4, -0.2) is 44.4 Å². The Hall–Kier alpha value is -2.26. The molecule has 0 saturated carbocycles. The standard InChI is InChI=1S/C14H14NO4.C2H6.CH5NO2/c16-14(15-6-9-17-10-7-15)19-12-5-1-3-11-4-2-8-18-13(11)12;1-2;1-3-4-2/h1-5,8H,6-7,9-10H2;1-2H3;2H2,1H3/q+1;;. The molecule has 1 amide bonds. The van der Waals surface area contributed by atoms with E-state index >= 15 is 0 Å². The van der Waals surface area contributed by atoms with Gasteiger partial charge in [0.15, 0.2) is 0 Å². The van der Waals surface area contributed by atoms with Gasteiger partial charge in [0.2, 0.25) is 5.75 Å². The molecule has 8 heteroatoms. The van der Waals surface area contributed by atoms with E-state index in [2.05, 4.69) is 15.8 Å². The molecule has 1 aliphatic heterocycles. The van der Waals surface area contributed by atoms with E-state index in [1.54, 1.807) is 23.3 Å². The lowest BCUT2D eigenvalue weighted by atomic mass is 10.2. The van der Waals surface area contributed by atoms with Crippen molar-refractivity contribution in [2.24, 2.45) is 5.90 Å². The number of rotatable bonds is 2. The molecule has 1 aromatic carbocycles. The summed E-state index contributed by atoms with van der Waals surface area (Å²) in [6.45, 7) is 6.21. The SMILES string of the molecule is CC.COON.O=C(Oc1cccc2ccc[o+]c12)N1CCOCC1. The summed E-state index contributed by atoms with van der Waals surface area (Å²) in [5.74, 6) is 4.74. The zero-order valence-corrected chi connectivity index (χ0v) is 14.8. The predicted molar refractivity (Wildman–Crippen MR) is 92.7 cm³/mol. The number of hydrogen-bond donors (Lipinski definition) is 1. The molecule has 1 fully saturated rings. The van der Waals surface area contributed by atoms with E-state index < -0.39 is 0 Å². The van der Waals surface area contributed by atoms with Crippen LogP contribution in [0.25, 0.3) is 11.0 Å². The number of hydrogen-bond acceptors (Lipinski definition) is 6. The molecule has 0 unspecified atom stereocenters. The van der Waals surface area contributed by atoms with Crippen LogP contribution < -0.4 is 10.6 Å². The maximum atomic E-state index is 12.0. The van der Waals surface area contributed by atoms with Gasteiger partial charge in [-0.2, -0.15) is 5.90 Å². The molecule has 0 aliphatic carbocycles. The molecule has 2 heterocycles. The lowest BCUT2D eigenvalue weighted by Crippen LogP contribution is -2.42. The van der Waals surface area contributed by atoms with Gasteiger partial charge in [-0.3, -0.25) is 0 Å². The Morgan fingerprint density at radius 2 is 1.84 bits per heavy atom. The van der Waals surface area contributed by atoms with Gasteiger partial charge in [-0.25, -0.2) is 14.1 Å². The molecule has 2 N–H and O–H groups in total. The fraction of sp³-hybridized carbons (Fsp3) is 0.412. The van der Waals surface area contributed by atoms with E-state index in [-0.39, 0.29) is 6.09 Å². The Kier molecular flexibility index (Phi) is 10.1. The molecule has 0 radical (unpaired) electrons. The monoisotopic (exact) mass is 353 g/mol. The summed E-state index contributed by atoms with van der Waals surface area (Å²) < 4.78 is 16.0. The van der Waals surface area contributed by atoms with Crippen LogP contribution in [0.2, 0.25) is 0 Å². The maximum absolute atomic E-state index is 12.0. The first-order valence-corrected chi connectivity index (χ1v) is 8.00. The van der Waals surface area contributed by atoms with Gasteiger partial charge in [-0.1, -0.05) is 19.9 Å². The molecule has 2 aromatic rings. The van der Waals surface area contributed by atoms with Crippen LogP contribution in [0.4, 0.5) is 4.79 Å². The second-order valence-corrected chi connectivity index (χ2v) is 4.52. The van der Waals surface area contributed by atoms with Crippen molar-refractivity contribution in [3.05, 3.63) is 36.6 Å². The van der Waals surface area contributed by atoms with Gasteiger partial charge in [-0.15, -0.1) is 4.99 Å². The van der Waals surface area contributed by atoms with Gasteiger partial charge in [0.05, 0.1) is 25.7 Å². The minimum atomic E-state index is -0.366. The molecule has 25 heavy (non-hydrogen) atoms. The van der Waals surface area contributed by atoms with Crippen LogP contribution in [0.3, 0.4) is 0 Å². The van der Waals surface area contributed by atoms with Crippen LogP contribution in [0.1, 0.15) is 13.8 Å². The molecule has 0 spiro atoms. The van der Waals surface area contributed by atoms with Crippen LogP contribution >= 0.6 is 0 Å². The minimum absolute atomic E-state index is 0.366. The summed E-state index contributed by atoms with van der Waals surface area (Å²) >= 11 is 0. The Bertz CT molecular complexity index is 624. The Labute approximate surface area is 146 Å². The molecule has 8 nitrogen and oxygen atoms in total. The number of para-hydroxylation sites is 1. The van der Waals surface area contributed by atoms with Crippen LogP contribution in [0.5, 0.6) is 5.75 Å². The van der Waals surface area contributed by atoms with E-state index in [1.807, 2.05) is 32.0 Å². The van der Waals surface area contributed by atoms with E-state index in [4.69, 9.17) is 13.9 Å². The zero-order chi connectivity index (χ0) is 18.5. The Balaban J connectivity index is 0.000000461. The lowest BCUT2D eigenvalue weighted by Gasteiger charge is -2.25. The Morgan fingerprint density at radius 3 is 2.48 bits per heavy atom. The summed E-state index contributed by atoms with van der Waals surface area (Å²) in [6.07, 6.45) is 1.20. The zero-order valence-electron chi connectivity index (χ0n) is 14.8. The molecular formula is C17H25N2O6+. The highest BCUT2D eigenvalue weighted by Crippen LogP contribution is 2.25. The summed E-state index contributed by atoms with van der Waals surface area (Å²) in [4.78, 5) is 21.0. The first kappa shape index (κ1) is 20.8. The number of fused-ring (bicyclic) bond motifs is 1. The summed E-state index contributed by atoms with van der Waals surface area (Å²) in [5, 5.41) is 0.898. The smallest absolute Gasteiger partial charge is 0.400 e. The van der Waals surface area contributed by atoms with E-state index in [1.165, 1.54) is 7.11 Å². The second kappa shape index (κ2) is 12.2. The van der Waals surface area contributed by atoms with Crippen LogP contribution in [0, 0.1) is 0 Å². The van der Waals surface area contributed by atoms with E-state index in [0.717, 1.165) is 5.39 Å². The van der Waals surface area contributed by atoms with Crippen molar-refractivity contribution in [2.45, 2.75) is 13.8 Å². The largest absolute Gasteiger partial charge is 0.415 e. The number of ether oxygens (including phenoxy) is 2. The van der Waals surface area contributed by atoms with Crippen molar-refractivity contribution in [3.8, 4) is 5.75 Å². The number of carbonyl (C=O) groups is 1. The van der Waals surface area contributed by atoms with Crippen LogP contribution in [0.15, 0.2) is 41.0 Å². The fourth-order valence-corrected chi connectivity index (χ4v) is 2.03. The third kappa shape index (κ3) is 6.63. The van der Waals surface area contributed by atoms with Crippen molar-refractivity contribution in [1.29, 1.82) is 0 Å². The number of benzene rings is 1. The van der Waals surface area contributed by atoms with Crippen molar-refractivity contribution in [1.82, 2.24) is 4.90 Å². The van der Waals surface area contributed by atoms with Crippen molar-refractivity contribution >= 4 is 17.1 Å². The van der Waals surface area contributed by atoms with Crippen molar-refractivity contribution in [3.63, 3.8) is 0 Å². The summed E-state index contributed by atoms with van der Waals surface area (Å²) in [7, 11) is 1.33. The first-order chi connectivity index (χ1) is 12.3. The molecule has 3 rings (SSSR count). The van der Waals surface area contributed by atoms with Crippen molar-refractivity contribution in [2.75, 3.05) is 33.4 Å². The van der Waals surface area contributed by atoms with Gasteiger partial charge >= 0.3 is 17.9 Å². The quantitative estimate of drug-likeness (QED) is 0.504. The topological polar surface area (TPSA) is 94.5 Å². The summed E-state index contributed by atoms with van der Waals surface area (Å²) in [6, 6.07) is 9.18. The molecule has 138 valence electrons. The summed E-state index contributed by atoms with van der Waals surface area (Å²) in [5.41, 5.74) is 0.576. The second-order valence-electron chi connectivity index (χ2n) is 4.52. The highest BCUT2D eigenvalue weighted by molar-refractivity contribution is 5.85. The number of nitrogens with zero attached hydrogens (tertiary/aromatic N) is 1. The number of morpholine rings is 1. The van der Waals surface area contributed by atoms with Gasteiger partial charge < -0.3 is 14.4 Å². The van der Waals surface area contributed by atoms with Gasteiger partial charge in [-0.05, 0) is 18.2 Å². The average Bonchev–Trinajstić information content (AvgIpc) is 2.70. The van der Waals surface area contributed by atoms with Crippen LogP contribution in [-0.2, 0) is 14.6 Å². The predicted octanol–water partition coefficient (Wildman–Crippen LogP) is 3.01. The van der Waals surface area contributed by atoms with E-state index in [9.17, 15) is 4.79 Å². The lowest BCUT2D eigenvalue weighted by molar-refractivity contribution is -0.277. The number of nitrogens with two attached hydrogens (primary N) is 1. The molecule has 0 atom stereocenters. The Morgan fingerprint density at radius 1 is 1.20 bits per heavy atom. The molecule has 1 aromatic heterocycles. The maximum Gasteiger partial charge on any atom is 0.415 e. The third-order valence-corrected chi connectivity index (χ3v) is 3.11. The molecule has 1 aliphatic rings. The minimum Gasteiger partial charge on any atom is -0.400 e. The fourth-order valence-electron chi connectivity index (χ4n) is 2.03. The van der Waals surface area contributed by atoms with Gasteiger partial charge in [0, 0.05) is 19.2 Å². The molecule has 1 saturated heterocycles. The molecule has 0 bridgehead atoms. The third-order valence-electron chi connectivity index (χ3n) is 3.11. The van der Waals surface area contributed by atoms with Gasteiger partial charge in [0.25, 0.3) is 0 Å². The normalized spacial score (nSPS) is 13.2. The van der Waals surface area contributed by atoms with Gasteiger partial charge in [0.1, 0.15) is 0 Å². The van der Waals surface area contributed by atoms with Crippen molar-refractivity contribution < 1.29 is 28.6 Å². The van der Waals surface area contributed by atoms with E-state index in [0.29, 0.717) is 37.6 Å². The molecular weight excluding hydrogens is 328 g/mol. The average molecular weight is 353 g/mol.